The second-order valence-electron chi connectivity index (χ2n) is 2.88. The average molecular weight is 228 g/mol. The first-order valence-electron chi connectivity index (χ1n) is 4.09. The summed E-state index contributed by atoms with van der Waals surface area (Å²) in [5.74, 6) is 0.137. The highest BCUT2D eigenvalue weighted by molar-refractivity contribution is 7.86. The lowest BCUT2D eigenvalue weighted by Crippen LogP contribution is -2.31. The normalized spacial score (nSPS) is 20.3. The molecule has 7 heteroatoms. The van der Waals surface area contributed by atoms with E-state index in [4.69, 9.17) is 9.29 Å². The fourth-order valence-corrected chi connectivity index (χ4v) is 1.50. The summed E-state index contributed by atoms with van der Waals surface area (Å²) in [4.78, 5) is 0. The number of rotatable bonds is 2. The van der Waals surface area contributed by atoms with Gasteiger partial charge in [0.25, 0.3) is 0 Å². The number of hydrogen-bond donors (Lipinski definition) is 2. The third-order valence-corrected chi connectivity index (χ3v) is 2.52. The van der Waals surface area contributed by atoms with E-state index in [9.17, 15) is 8.42 Å². The maximum atomic E-state index is 10.7. The molecule has 6 nitrogen and oxygen atoms in total. The van der Waals surface area contributed by atoms with Crippen molar-refractivity contribution in [3.63, 3.8) is 0 Å². The van der Waals surface area contributed by atoms with Crippen LogP contribution in [0.2, 0.25) is 0 Å². The van der Waals surface area contributed by atoms with E-state index < -0.39 is 15.7 Å². The van der Waals surface area contributed by atoms with Crippen molar-refractivity contribution in [3.05, 3.63) is 35.9 Å². The quantitative estimate of drug-likeness (QED) is 0.703. The molecule has 1 aliphatic rings. The van der Waals surface area contributed by atoms with Gasteiger partial charge in [0.15, 0.2) is 0 Å². The minimum Gasteiger partial charge on any atom is -0.433 e. The number of hydrogen-bond acceptors (Lipinski definition) is 5. The van der Waals surface area contributed by atoms with E-state index in [1.54, 1.807) is 24.3 Å². The highest BCUT2D eigenvalue weighted by atomic mass is 32.2. The molecule has 1 heterocycles. The fourth-order valence-electron chi connectivity index (χ4n) is 1.11. The third kappa shape index (κ3) is 2.08. The third-order valence-electron chi connectivity index (χ3n) is 1.78. The minimum absolute atomic E-state index is 0.137. The Kier molecular flexibility index (Phi) is 2.33. The van der Waals surface area contributed by atoms with Crippen LogP contribution in [0.15, 0.2) is 35.4 Å². The first-order chi connectivity index (χ1) is 7.07. The molecule has 1 aromatic rings. The van der Waals surface area contributed by atoms with Gasteiger partial charge in [0.1, 0.15) is 0 Å². The smallest absolute Gasteiger partial charge is 0.325 e. The van der Waals surface area contributed by atoms with E-state index in [0.717, 1.165) is 0 Å². The lowest BCUT2D eigenvalue weighted by atomic mass is 10.2. The number of nitrogens with zero attached hydrogens (tertiary/aromatic N) is 1. The Balaban J connectivity index is 2.18. The topological polar surface area (TPSA) is 88.0 Å². The van der Waals surface area contributed by atoms with Crippen LogP contribution in [0.5, 0.6) is 0 Å². The van der Waals surface area contributed by atoms with Gasteiger partial charge in [0, 0.05) is 5.56 Å². The molecular formula is C8H8N2O4S. The van der Waals surface area contributed by atoms with Crippen LogP contribution in [0.1, 0.15) is 5.56 Å². The SMILES string of the molecule is O=S(=O)(O)C1NN=C(c2ccccc2)O1. The van der Waals surface area contributed by atoms with E-state index in [1.165, 1.54) is 0 Å². The van der Waals surface area contributed by atoms with Gasteiger partial charge in [0.2, 0.25) is 5.90 Å². The molecule has 0 saturated heterocycles. The second-order valence-corrected chi connectivity index (χ2v) is 4.33. The van der Waals surface area contributed by atoms with Crippen molar-refractivity contribution in [1.29, 1.82) is 0 Å². The Bertz CT molecular complexity index is 483. The van der Waals surface area contributed by atoms with Crippen molar-refractivity contribution in [2.24, 2.45) is 5.10 Å². The Hall–Kier alpha value is -1.60. The molecule has 0 radical (unpaired) electrons. The summed E-state index contributed by atoms with van der Waals surface area (Å²) >= 11 is 0. The molecule has 1 aliphatic heterocycles. The summed E-state index contributed by atoms with van der Waals surface area (Å²) in [7, 11) is -4.29. The van der Waals surface area contributed by atoms with Gasteiger partial charge in [-0.15, -0.1) is 5.10 Å². The van der Waals surface area contributed by atoms with E-state index in [2.05, 4.69) is 10.5 Å². The standard InChI is InChI=1S/C8H8N2O4S/c11-15(12,13)8-10-9-7(14-8)6-4-2-1-3-5-6/h1-5,8,10H,(H,11,12,13). The summed E-state index contributed by atoms with van der Waals surface area (Å²) in [6, 6.07) is 8.77. The van der Waals surface area contributed by atoms with E-state index >= 15 is 0 Å². The van der Waals surface area contributed by atoms with Crippen molar-refractivity contribution >= 4 is 16.0 Å². The van der Waals surface area contributed by atoms with Gasteiger partial charge < -0.3 is 4.74 Å². The van der Waals surface area contributed by atoms with Gasteiger partial charge in [-0.2, -0.15) is 8.42 Å². The van der Waals surface area contributed by atoms with Gasteiger partial charge >= 0.3 is 15.7 Å². The molecule has 80 valence electrons. The molecule has 15 heavy (non-hydrogen) atoms. The molecule has 0 aliphatic carbocycles. The fraction of sp³-hybridized carbons (Fsp3) is 0.125. The Labute approximate surface area is 86.3 Å². The second kappa shape index (κ2) is 3.52. The molecule has 0 saturated carbocycles. The van der Waals surface area contributed by atoms with Gasteiger partial charge in [-0.05, 0) is 12.1 Å². The molecule has 2 N–H and O–H groups in total. The van der Waals surface area contributed by atoms with Crippen molar-refractivity contribution < 1.29 is 17.7 Å². The Morgan fingerprint density at radius 2 is 2.00 bits per heavy atom. The molecule has 0 spiro atoms. The molecular weight excluding hydrogens is 220 g/mol. The van der Waals surface area contributed by atoms with Gasteiger partial charge in [-0.25, -0.2) is 0 Å². The van der Waals surface area contributed by atoms with Crippen LogP contribution in [0.4, 0.5) is 0 Å². The van der Waals surface area contributed by atoms with Crippen LogP contribution in [0, 0.1) is 0 Å². The molecule has 0 aromatic heterocycles. The number of nitrogens with one attached hydrogen (secondary N) is 1. The monoisotopic (exact) mass is 228 g/mol. The molecule has 0 bridgehead atoms. The summed E-state index contributed by atoms with van der Waals surface area (Å²) in [5, 5.41) is 3.66. The highest BCUT2D eigenvalue weighted by Gasteiger charge is 2.31. The molecule has 1 atom stereocenters. The molecule has 0 fully saturated rings. The van der Waals surface area contributed by atoms with Crippen LogP contribution in [-0.4, -0.2) is 24.4 Å². The first kappa shape index (κ1) is 9.94. The van der Waals surface area contributed by atoms with Crippen LogP contribution >= 0.6 is 0 Å². The van der Waals surface area contributed by atoms with Crippen molar-refractivity contribution in [3.8, 4) is 0 Å². The molecule has 0 amide bonds. The molecule has 1 aromatic carbocycles. The zero-order valence-electron chi connectivity index (χ0n) is 7.49. The van der Waals surface area contributed by atoms with Crippen molar-refractivity contribution in [2.45, 2.75) is 5.56 Å². The van der Waals surface area contributed by atoms with E-state index in [0.29, 0.717) is 5.56 Å². The summed E-state index contributed by atoms with van der Waals surface area (Å²) < 4.78 is 35.0. The lowest BCUT2D eigenvalue weighted by Gasteiger charge is -2.06. The average Bonchev–Trinajstić information content (AvgIpc) is 2.67. The maximum Gasteiger partial charge on any atom is 0.325 e. The largest absolute Gasteiger partial charge is 0.433 e. The van der Waals surface area contributed by atoms with Gasteiger partial charge in [-0.1, -0.05) is 18.2 Å². The molecule has 2 rings (SSSR count). The minimum atomic E-state index is -4.29. The van der Waals surface area contributed by atoms with Crippen LogP contribution in [0.25, 0.3) is 0 Å². The van der Waals surface area contributed by atoms with Gasteiger partial charge in [0.05, 0.1) is 0 Å². The van der Waals surface area contributed by atoms with Crippen LogP contribution < -0.4 is 5.43 Å². The summed E-state index contributed by atoms with van der Waals surface area (Å²) in [5.41, 5.74) is 1.29. The predicted octanol–water partition coefficient (Wildman–Crippen LogP) is 0.139. The van der Waals surface area contributed by atoms with Gasteiger partial charge in [-0.3, -0.25) is 9.98 Å². The Morgan fingerprint density at radius 3 is 2.53 bits per heavy atom. The van der Waals surface area contributed by atoms with Crippen LogP contribution in [-0.2, 0) is 14.9 Å². The number of benzene rings is 1. The zero-order chi connectivity index (χ0) is 10.9. The van der Waals surface area contributed by atoms with Crippen molar-refractivity contribution in [1.82, 2.24) is 5.43 Å². The summed E-state index contributed by atoms with van der Waals surface area (Å²) in [6.07, 6.45) is 0. The maximum absolute atomic E-state index is 10.7. The number of ether oxygens (including phenoxy) is 1. The zero-order valence-corrected chi connectivity index (χ0v) is 8.31. The number of hydrazone groups is 1. The van der Waals surface area contributed by atoms with E-state index in [1.807, 2.05) is 6.07 Å². The van der Waals surface area contributed by atoms with E-state index in [-0.39, 0.29) is 5.90 Å². The predicted molar refractivity (Wildman–Crippen MR) is 52.5 cm³/mol. The summed E-state index contributed by atoms with van der Waals surface area (Å²) in [6.45, 7) is 0. The molecule has 1 unspecified atom stereocenters. The lowest BCUT2D eigenvalue weighted by molar-refractivity contribution is 0.247. The highest BCUT2D eigenvalue weighted by Crippen LogP contribution is 2.11. The Morgan fingerprint density at radius 1 is 1.33 bits per heavy atom. The van der Waals surface area contributed by atoms with Crippen molar-refractivity contribution in [2.75, 3.05) is 0 Å². The first-order valence-corrected chi connectivity index (χ1v) is 5.59. The van der Waals surface area contributed by atoms with Crippen LogP contribution in [0.3, 0.4) is 0 Å².